The summed E-state index contributed by atoms with van der Waals surface area (Å²) in [6, 6.07) is 4.62. The van der Waals surface area contributed by atoms with Crippen molar-refractivity contribution in [1.29, 1.82) is 0 Å². The molecule has 2 N–H and O–H groups in total. The van der Waals surface area contributed by atoms with Crippen LogP contribution in [-0.4, -0.2) is 49.0 Å². The van der Waals surface area contributed by atoms with Crippen LogP contribution in [0.3, 0.4) is 0 Å². The molecule has 0 aromatic heterocycles. The van der Waals surface area contributed by atoms with Gasteiger partial charge < -0.3 is 10.2 Å². The van der Waals surface area contributed by atoms with E-state index in [9.17, 15) is 13.5 Å². The normalized spacial score (nSPS) is 17.6. The largest absolute Gasteiger partial charge is 0.504 e. The number of phenols is 2. The molecule has 0 atom stereocenters. The van der Waals surface area contributed by atoms with Gasteiger partial charge in [0.2, 0.25) is 0 Å². The van der Waals surface area contributed by atoms with Crippen LogP contribution in [0.5, 0.6) is 11.5 Å². The molecule has 1 aromatic rings. The van der Waals surface area contributed by atoms with Gasteiger partial charge in [-0.1, -0.05) is 6.07 Å². The molecule has 0 radical (unpaired) electrons. The number of rotatable bonds is 4. The van der Waals surface area contributed by atoms with Crippen LogP contribution in [0.15, 0.2) is 18.2 Å². The van der Waals surface area contributed by atoms with E-state index in [4.69, 9.17) is 9.29 Å². The van der Waals surface area contributed by atoms with E-state index in [2.05, 4.69) is 0 Å². The van der Waals surface area contributed by atoms with Gasteiger partial charge in [0.1, 0.15) is 6.10 Å². The van der Waals surface area contributed by atoms with Gasteiger partial charge in [-0.15, -0.1) is 0 Å². The Hall–Kier alpha value is -1.31. The van der Waals surface area contributed by atoms with E-state index in [0.717, 1.165) is 11.8 Å². The number of nitrogens with zero attached hydrogens (tertiary/aromatic N) is 1. The molecule has 0 aliphatic carbocycles. The van der Waals surface area contributed by atoms with Gasteiger partial charge in [0.25, 0.3) is 10.1 Å². The van der Waals surface area contributed by atoms with E-state index in [1.54, 1.807) is 6.07 Å². The Morgan fingerprint density at radius 1 is 1.33 bits per heavy atom. The summed E-state index contributed by atoms with van der Waals surface area (Å²) < 4.78 is 26.6. The minimum Gasteiger partial charge on any atom is -0.504 e. The zero-order valence-corrected chi connectivity index (χ0v) is 10.7. The SMILES string of the molecule is CS(=O)(=O)OC1CN(Cc2ccc(O)c(O)c2)C1. The highest BCUT2D eigenvalue weighted by molar-refractivity contribution is 7.86. The van der Waals surface area contributed by atoms with Crippen LogP contribution < -0.4 is 0 Å². The van der Waals surface area contributed by atoms with Gasteiger partial charge in [0.05, 0.1) is 6.26 Å². The van der Waals surface area contributed by atoms with Crippen molar-refractivity contribution in [2.45, 2.75) is 12.6 Å². The van der Waals surface area contributed by atoms with Crippen molar-refractivity contribution in [3.8, 4) is 11.5 Å². The van der Waals surface area contributed by atoms with Crippen molar-refractivity contribution in [3.63, 3.8) is 0 Å². The van der Waals surface area contributed by atoms with Gasteiger partial charge in [0, 0.05) is 19.6 Å². The zero-order valence-electron chi connectivity index (χ0n) is 9.91. The fourth-order valence-electron chi connectivity index (χ4n) is 1.89. The lowest BCUT2D eigenvalue weighted by Gasteiger charge is -2.37. The molecule has 0 unspecified atom stereocenters. The van der Waals surface area contributed by atoms with Crippen LogP contribution >= 0.6 is 0 Å². The maximum Gasteiger partial charge on any atom is 0.264 e. The molecule has 0 bridgehead atoms. The summed E-state index contributed by atoms with van der Waals surface area (Å²) in [6.45, 7) is 1.65. The second-order valence-corrected chi connectivity index (χ2v) is 6.04. The Labute approximate surface area is 106 Å². The van der Waals surface area contributed by atoms with Crippen LogP contribution in [0.25, 0.3) is 0 Å². The van der Waals surface area contributed by atoms with Crippen LogP contribution in [0.1, 0.15) is 5.56 Å². The number of phenolic OH excluding ortho intramolecular Hbond substituents is 2. The van der Waals surface area contributed by atoms with Gasteiger partial charge in [-0.2, -0.15) is 8.42 Å². The van der Waals surface area contributed by atoms with Gasteiger partial charge in [-0.05, 0) is 17.7 Å². The summed E-state index contributed by atoms with van der Waals surface area (Å²) >= 11 is 0. The molecule has 1 aliphatic rings. The van der Waals surface area contributed by atoms with E-state index >= 15 is 0 Å². The monoisotopic (exact) mass is 273 g/mol. The fourth-order valence-corrected chi connectivity index (χ4v) is 2.50. The molecular formula is C11H15NO5S. The van der Waals surface area contributed by atoms with Crippen molar-refractivity contribution in [3.05, 3.63) is 23.8 Å². The second-order valence-electron chi connectivity index (χ2n) is 4.44. The third-order valence-corrected chi connectivity index (χ3v) is 3.30. The van der Waals surface area contributed by atoms with Crippen molar-refractivity contribution >= 4 is 10.1 Å². The first kappa shape index (κ1) is 13.1. The number of hydrogen-bond donors (Lipinski definition) is 2. The Morgan fingerprint density at radius 3 is 2.56 bits per heavy atom. The highest BCUT2D eigenvalue weighted by atomic mass is 32.2. The summed E-state index contributed by atoms with van der Waals surface area (Å²) in [4.78, 5) is 1.99. The van der Waals surface area contributed by atoms with Crippen LogP contribution in [0.2, 0.25) is 0 Å². The molecule has 1 aliphatic heterocycles. The van der Waals surface area contributed by atoms with Gasteiger partial charge in [0.15, 0.2) is 11.5 Å². The van der Waals surface area contributed by atoms with Crippen molar-refractivity contribution in [1.82, 2.24) is 4.90 Å². The Bertz CT molecular complexity index is 536. The third kappa shape index (κ3) is 3.34. The molecular weight excluding hydrogens is 258 g/mol. The van der Waals surface area contributed by atoms with Gasteiger partial charge in [-0.25, -0.2) is 0 Å². The van der Waals surface area contributed by atoms with Crippen LogP contribution in [-0.2, 0) is 20.8 Å². The number of aromatic hydroxyl groups is 2. The Balaban J connectivity index is 1.85. The molecule has 1 fully saturated rings. The fraction of sp³-hybridized carbons (Fsp3) is 0.455. The first-order valence-electron chi connectivity index (χ1n) is 5.45. The maximum atomic E-state index is 10.9. The maximum absolute atomic E-state index is 10.9. The summed E-state index contributed by atoms with van der Waals surface area (Å²) in [5.41, 5.74) is 0.850. The summed E-state index contributed by atoms with van der Waals surface area (Å²) in [6.07, 6.45) is 0.749. The molecule has 6 nitrogen and oxygen atoms in total. The molecule has 1 saturated heterocycles. The first-order chi connectivity index (χ1) is 8.33. The standard InChI is InChI=1S/C11H15NO5S/c1-18(15,16)17-9-6-12(7-9)5-8-2-3-10(13)11(14)4-8/h2-4,9,13-14H,5-7H2,1H3. The molecule has 1 heterocycles. The molecule has 0 spiro atoms. The first-order valence-corrected chi connectivity index (χ1v) is 7.26. The second kappa shape index (κ2) is 4.75. The molecule has 0 saturated carbocycles. The smallest absolute Gasteiger partial charge is 0.264 e. The lowest BCUT2D eigenvalue weighted by Crippen LogP contribution is -2.52. The van der Waals surface area contributed by atoms with E-state index in [1.807, 2.05) is 4.90 Å². The summed E-state index contributed by atoms with van der Waals surface area (Å²) in [7, 11) is -3.39. The molecule has 18 heavy (non-hydrogen) atoms. The average molecular weight is 273 g/mol. The average Bonchev–Trinajstić information content (AvgIpc) is 2.18. The van der Waals surface area contributed by atoms with Crippen molar-refractivity contribution in [2.24, 2.45) is 0 Å². The van der Waals surface area contributed by atoms with E-state index < -0.39 is 10.1 Å². The lowest BCUT2D eigenvalue weighted by molar-refractivity contribution is 0.0195. The molecule has 7 heteroatoms. The topological polar surface area (TPSA) is 87.1 Å². The molecule has 2 rings (SSSR count). The summed E-state index contributed by atoms with van der Waals surface area (Å²) in [5, 5.41) is 18.5. The quantitative estimate of drug-likeness (QED) is 0.604. The minimum atomic E-state index is -3.39. The van der Waals surface area contributed by atoms with Crippen LogP contribution in [0, 0.1) is 0 Å². The third-order valence-electron chi connectivity index (χ3n) is 2.68. The van der Waals surface area contributed by atoms with E-state index in [1.165, 1.54) is 12.1 Å². The van der Waals surface area contributed by atoms with Crippen molar-refractivity contribution in [2.75, 3.05) is 19.3 Å². The van der Waals surface area contributed by atoms with E-state index in [0.29, 0.717) is 19.6 Å². The molecule has 1 aromatic carbocycles. The molecule has 0 amide bonds. The Kier molecular flexibility index (Phi) is 3.47. The predicted molar refractivity (Wildman–Crippen MR) is 64.8 cm³/mol. The van der Waals surface area contributed by atoms with Gasteiger partial charge in [-0.3, -0.25) is 9.08 Å². The molecule has 100 valence electrons. The van der Waals surface area contributed by atoms with Gasteiger partial charge >= 0.3 is 0 Å². The number of likely N-dealkylation sites (tertiary alicyclic amines) is 1. The van der Waals surface area contributed by atoms with Crippen LogP contribution in [0.4, 0.5) is 0 Å². The minimum absolute atomic E-state index is 0.152. The highest BCUT2D eigenvalue weighted by Gasteiger charge is 2.30. The van der Waals surface area contributed by atoms with Crippen molar-refractivity contribution < 1.29 is 22.8 Å². The Morgan fingerprint density at radius 2 is 2.00 bits per heavy atom. The lowest BCUT2D eigenvalue weighted by atomic mass is 10.1. The predicted octanol–water partition coefficient (Wildman–Crippen LogP) is 0.258. The number of hydrogen-bond acceptors (Lipinski definition) is 6. The zero-order chi connectivity index (χ0) is 13.3. The number of benzene rings is 1. The summed E-state index contributed by atoms with van der Waals surface area (Å²) in [5.74, 6) is -0.308. The van der Waals surface area contributed by atoms with E-state index in [-0.39, 0.29) is 17.6 Å². The highest BCUT2D eigenvalue weighted by Crippen LogP contribution is 2.26.